The van der Waals surface area contributed by atoms with Crippen LogP contribution in [0.25, 0.3) is 0 Å². The summed E-state index contributed by atoms with van der Waals surface area (Å²) in [5.74, 6) is 1.01. The smallest absolute Gasteiger partial charge is 0.00390 e. The molecule has 1 aliphatic rings. The fourth-order valence-electron chi connectivity index (χ4n) is 3.22. The van der Waals surface area contributed by atoms with Crippen LogP contribution in [0.1, 0.15) is 96.8 Å². The van der Waals surface area contributed by atoms with E-state index in [-0.39, 0.29) is 0 Å². The molecule has 2 N–H and O–H groups in total. The summed E-state index contributed by atoms with van der Waals surface area (Å²) in [7, 11) is 0. The SMILES string of the molecule is CCCCCCCCCCCC1CCC(N)CC1. The average molecular weight is 253 g/mol. The molecule has 0 atom stereocenters. The summed E-state index contributed by atoms with van der Waals surface area (Å²) >= 11 is 0. The van der Waals surface area contributed by atoms with Crippen LogP contribution in [0.5, 0.6) is 0 Å². The monoisotopic (exact) mass is 253 g/mol. The maximum absolute atomic E-state index is 5.94. The van der Waals surface area contributed by atoms with Crippen molar-refractivity contribution in [2.75, 3.05) is 0 Å². The summed E-state index contributed by atoms with van der Waals surface area (Å²) in [6.45, 7) is 2.29. The van der Waals surface area contributed by atoms with Gasteiger partial charge in [-0.1, -0.05) is 71.1 Å². The van der Waals surface area contributed by atoms with Crippen LogP contribution in [0.3, 0.4) is 0 Å². The third-order valence-corrected chi connectivity index (χ3v) is 4.61. The fourth-order valence-corrected chi connectivity index (χ4v) is 3.22. The van der Waals surface area contributed by atoms with E-state index >= 15 is 0 Å². The fraction of sp³-hybridized carbons (Fsp3) is 1.00. The summed E-state index contributed by atoms with van der Waals surface area (Å²) in [5.41, 5.74) is 5.94. The summed E-state index contributed by atoms with van der Waals surface area (Å²) < 4.78 is 0. The molecule has 1 saturated carbocycles. The number of hydrogen-bond acceptors (Lipinski definition) is 1. The van der Waals surface area contributed by atoms with Crippen LogP contribution >= 0.6 is 0 Å². The molecule has 1 aliphatic carbocycles. The Morgan fingerprint density at radius 2 is 1.22 bits per heavy atom. The van der Waals surface area contributed by atoms with E-state index in [1.807, 2.05) is 0 Å². The predicted molar refractivity (Wildman–Crippen MR) is 81.8 cm³/mol. The van der Waals surface area contributed by atoms with Gasteiger partial charge in [-0.05, 0) is 31.6 Å². The molecule has 0 amide bonds. The zero-order valence-corrected chi connectivity index (χ0v) is 12.6. The predicted octanol–water partition coefficient (Wildman–Crippen LogP) is 5.42. The van der Waals surface area contributed by atoms with Gasteiger partial charge in [0, 0.05) is 6.04 Å². The Labute approximate surface area is 115 Å². The molecule has 0 bridgehead atoms. The van der Waals surface area contributed by atoms with E-state index in [1.165, 1.54) is 89.9 Å². The molecule has 0 radical (unpaired) electrons. The molecular weight excluding hydrogens is 218 g/mol. The van der Waals surface area contributed by atoms with E-state index < -0.39 is 0 Å². The van der Waals surface area contributed by atoms with Crippen LogP contribution in [0.4, 0.5) is 0 Å². The van der Waals surface area contributed by atoms with Gasteiger partial charge in [0.15, 0.2) is 0 Å². The number of hydrogen-bond donors (Lipinski definition) is 1. The molecule has 0 aromatic heterocycles. The molecule has 0 aromatic rings. The maximum Gasteiger partial charge on any atom is 0.00390 e. The minimum absolute atomic E-state index is 0.518. The zero-order valence-electron chi connectivity index (χ0n) is 12.6. The van der Waals surface area contributed by atoms with Crippen LogP contribution in [-0.4, -0.2) is 6.04 Å². The van der Waals surface area contributed by atoms with Crippen molar-refractivity contribution < 1.29 is 0 Å². The van der Waals surface area contributed by atoms with Gasteiger partial charge in [-0.2, -0.15) is 0 Å². The molecule has 1 nitrogen and oxygen atoms in total. The van der Waals surface area contributed by atoms with E-state index in [0.717, 1.165) is 5.92 Å². The standard InChI is InChI=1S/C17H35N/c1-2-3-4-5-6-7-8-9-10-11-16-12-14-17(18)15-13-16/h16-17H,2-15,18H2,1H3. The van der Waals surface area contributed by atoms with Gasteiger partial charge in [0.1, 0.15) is 0 Å². The molecule has 18 heavy (non-hydrogen) atoms. The first-order valence-electron chi connectivity index (χ1n) is 8.58. The first-order chi connectivity index (χ1) is 8.83. The van der Waals surface area contributed by atoms with Gasteiger partial charge in [0.25, 0.3) is 0 Å². The van der Waals surface area contributed by atoms with Crippen molar-refractivity contribution in [3.05, 3.63) is 0 Å². The second-order valence-electron chi connectivity index (χ2n) is 6.40. The molecular formula is C17H35N. The first-order valence-corrected chi connectivity index (χ1v) is 8.58. The van der Waals surface area contributed by atoms with E-state index in [1.54, 1.807) is 0 Å². The Morgan fingerprint density at radius 3 is 1.78 bits per heavy atom. The average Bonchev–Trinajstić information content (AvgIpc) is 2.39. The van der Waals surface area contributed by atoms with Crippen molar-refractivity contribution in [1.29, 1.82) is 0 Å². The highest BCUT2D eigenvalue weighted by Crippen LogP contribution is 2.27. The lowest BCUT2D eigenvalue weighted by atomic mass is 9.83. The molecule has 0 unspecified atom stereocenters. The lowest BCUT2D eigenvalue weighted by Gasteiger charge is -2.25. The van der Waals surface area contributed by atoms with Crippen molar-refractivity contribution in [3.63, 3.8) is 0 Å². The first kappa shape index (κ1) is 16.0. The molecule has 1 rings (SSSR count). The summed E-state index contributed by atoms with van der Waals surface area (Å²) in [4.78, 5) is 0. The normalized spacial score (nSPS) is 24.3. The summed E-state index contributed by atoms with van der Waals surface area (Å²) in [6.07, 6.45) is 19.9. The largest absolute Gasteiger partial charge is 0.328 e. The van der Waals surface area contributed by atoms with Crippen molar-refractivity contribution in [1.82, 2.24) is 0 Å². The van der Waals surface area contributed by atoms with Gasteiger partial charge in [-0.25, -0.2) is 0 Å². The third kappa shape index (κ3) is 8.13. The summed E-state index contributed by atoms with van der Waals surface area (Å²) in [6, 6.07) is 0.518. The van der Waals surface area contributed by atoms with Crippen molar-refractivity contribution >= 4 is 0 Å². The lowest BCUT2D eigenvalue weighted by molar-refractivity contribution is 0.302. The third-order valence-electron chi connectivity index (χ3n) is 4.61. The molecule has 1 heteroatoms. The van der Waals surface area contributed by atoms with Gasteiger partial charge in [-0.15, -0.1) is 0 Å². The van der Waals surface area contributed by atoms with Gasteiger partial charge >= 0.3 is 0 Å². The van der Waals surface area contributed by atoms with Crippen LogP contribution in [0.2, 0.25) is 0 Å². The van der Waals surface area contributed by atoms with Crippen LogP contribution in [0.15, 0.2) is 0 Å². The molecule has 0 heterocycles. The maximum atomic E-state index is 5.94. The highest BCUT2D eigenvalue weighted by atomic mass is 14.6. The Balaban J connectivity index is 1.78. The van der Waals surface area contributed by atoms with Crippen molar-refractivity contribution in [3.8, 4) is 0 Å². The van der Waals surface area contributed by atoms with Crippen LogP contribution < -0.4 is 5.73 Å². The molecule has 108 valence electrons. The van der Waals surface area contributed by atoms with Crippen molar-refractivity contribution in [2.24, 2.45) is 11.7 Å². The zero-order chi connectivity index (χ0) is 13.1. The lowest BCUT2D eigenvalue weighted by Crippen LogP contribution is -2.26. The molecule has 0 spiro atoms. The minimum Gasteiger partial charge on any atom is -0.328 e. The van der Waals surface area contributed by atoms with Gasteiger partial charge in [-0.3, -0.25) is 0 Å². The van der Waals surface area contributed by atoms with E-state index in [9.17, 15) is 0 Å². The molecule has 1 fully saturated rings. The van der Waals surface area contributed by atoms with E-state index in [4.69, 9.17) is 5.73 Å². The minimum atomic E-state index is 0.518. The highest BCUT2D eigenvalue weighted by molar-refractivity contribution is 4.74. The van der Waals surface area contributed by atoms with Gasteiger partial charge in [0.05, 0.1) is 0 Å². The number of nitrogens with two attached hydrogens (primary N) is 1. The Bertz CT molecular complexity index is 170. The molecule has 0 saturated heterocycles. The number of unbranched alkanes of at least 4 members (excludes halogenated alkanes) is 8. The Hall–Kier alpha value is -0.0400. The number of rotatable bonds is 10. The molecule has 0 aromatic carbocycles. The quantitative estimate of drug-likeness (QED) is 0.516. The topological polar surface area (TPSA) is 26.0 Å². The second kappa shape index (κ2) is 10.8. The second-order valence-corrected chi connectivity index (χ2v) is 6.40. The van der Waals surface area contributed by atoms with Gasteiger partial charge < -0.3 is 5.73 Å². The van der Waals surface area contributed by atoms with E-state index in [0.29, 0.717) is 6.04 Å². The van der Waals surface area contributed by atoms with Crippen molar-refractivity contribution in [2.45, 2.75) is 103 Å². The highest BCUT2D eigenvalue weighted by Gasteiger charge is 2.17. The van der Waals surface area contributed by atoms with Crippen LogP contribution in [0, 0.1) is 5.92 Å². The Kier molecular flexibility index (Phi) is 9.65. The van der Waals surface area contributed by atoms with Crippen LogP contribution in [-0.2, 0) is 0 Å². The molecule has 0 aliphatic heterocycles. The van der Waals surface area contributed by atoms with Gasteiger partial charge in [0.2, 0.25) is 0 Å². The van der Waals surface area contributed by atoms with E-state index in [2.05, 4.69) is 6.92 Å². The Morgan fingerprint density at radius 1 is 0.722 bits per heavy atom. The summed E-state index contributed by atoms with van der Waals surface area (Å²) in [5, 5.41) is 0.